The summed E-state index contributed by atoms with van der Waals surface area (Å²) in [6.07, 6.45) is -1.03. The van der Waals surface area contributed by atoms with E-state index in [-0.39, 0.29) is 5.91 Å². The fraction of sp³-hybridized carbons (Fsp3) is 0.143. The van der Waals surface area contributed by atoms with Crippen molar-refractivity contribution in [3.05, 3.63) is 90.0 Å². The third-order valence-corrected chi connectivity index (χ3v) is 5.41. The Morgan fingerprint density at radius 3 is 2.14 bits per heavy atom. The highest BCUT2D eigenvalue weighted by Gasteiger charge is 2.22. The number of hydrogen-bond donors (Lipinski definition) is 2. The number of hydrogen-bond acceptors (Lipinski definition) is 5. The molecular formula is C28H25N3O4. The summed E-state index contributed by atoms with van der Waals surface area (Å²) < 4.78 is 5.53. The molecule has 0 spiro atoms. The topological polar surface area (TPSA) is 97.4 Å². The van der Waals surface area contributed by atoms with E-state index in [1.807, 2.05) is 49.4 Å². The molecule has 1 heterocycles. The van der Waals surface area contributed by atoms with Crippen molar-refractivity contribution in [3.8, 4) is 11.3 Å². The summed E-state index contributed by atoms with van der Waals surface area (Å²) >= 11 is 0. The summed E-state index contributed by atoms with van der Waals surface area (Å²) in [7, 11) is 0. The zero-order valence-electron chi connectivity index (χ0n) is 19.7. The van der Waals surface area contributed by atoms with Gasteiger partial charge in [0.05, 0.1) is 16.8 Å². The lowest BCUT2D eigenvalue weighted by atomic mass is 10.0. The van der Waals surface area contributed by atoms with Gasteiger partial charge in [-0.2, -0.15) is 0 Å². The summed E-state index contributed by atoms with van der Waals surface area (Å²) in [5.74, 6) is -1.26. The van der Waals surface area contributed by atoms with Gasteiger partial charge >= 0.3 is 5.97 Å². The lowest BCUT2D eigenvalue weighted by molar-refractivity contribution is -0.123. The molecule has 0 saturated heterocycles. The maximum atomic E-state index is 13.1. The number of nitrogens with zero attached hydrogens (tertiary/aromatic N) is 1. The van der Waals surface area contributed by atoms with E-state index in [0.717, 1.165) is 11.1 Å². The van der Waals surface area contributed by atoms with E-state index in [9.17, 15) is 14.4 Å². The Bertz CT molecular complexity index is 1400. The number of ether oxygens (including phenoxy) is 1. The smallest absolute Gasteiger partial charge is 0.339 e. The van der Waals surface area contributed by atoms with E-state index in [1.165, 1.54) is 13.8 Å². The van der Waals surface area contributed by atoms with E-state index in [2.05, 4.69) is 10.6 Å². The van der Waals surface area contributed by atoms with Gasteiger partial charge < -0.3 is 15.4 Å². The zero-order chi connectivity index (χ0) is 24.9. The highest BCUT2D eigenvalue weighted by Crippen LogP contribution is 2.26. The van der Waals surface area contributed by atoms with Gasteiger partial charge in [0, 0.05) is 29.2 Å². The fourth-order valence-electron chi connectivity index (χ4n) is 3.58. The van der Waals surface area contributed by atoms with E-state index >= 15 is 0 Å². The number of para-hydroxylation sites is 1. The monoisotopic (exact) mass is 467 g/mol. The minimum atomic E-state index is -1.03. The van der Waals surface area contributed by atoms with Crippen molar-refractivity contribution < 1.29 is 19.1 Å². The molecule has 0 saturated carbocycles. The fourth-order valence-corrected chi connectivity index (χ4v) is 3.58. The number of pyridine rings is 1. The Balaban J connectivity index is 1.53. The lowest BCUT2D eigenvalue weighted by Crippen LogP contribution is -2.30. The molecule has 1 unspecified atom stereocenters. The van der Waals surface area contributed by atoms with Crippen LogP contribution in [0.15, 0.2) is 78.9 Å². The molecule has 0 bridgehead atoms. The second-order valence-electron chi connectivity index (χ2n) is 8.23. The van der Waals surface area contributed by atoms with Crippen molar-refractivity contribution in [1.29, 1.82) is 0 Å². The average molecular weight is 468 g/mol. The van der Waals surface area contributed by atoms with Gasteiger partial charge in [0.2, 0.25) is 5.91 Å². The van der Waals surface area contributed by atoms with Crippen LogP contribution in [0, 0.1) is 6.92 Å². The molecule has 7 heteroatoms. The number of carbonyl (C=O) groups excluding carboxylic acids is 3. The molecule has 7 nitrogen and oxygen atoms in total. The number of anilines is 2. The van der Waals surface area contributed by atoms with Crippen LogP contribution in [0.5, 0.6) is 0 Å². The Morgan fingerprint density at radius 2 is 1.49 bits per heavy atom. The number of carbonyl (C=O) groups is 3. The second-order valence-corrected chi connectivity index (χ2v) is 8.23. The van der Waals surface area contributed by atoms with Gasteiger partial charge in [-0.3, -0.25) is 9.59 Å². The molecule has 2 amide bonds. The zero-order valence-corrected chi connectivity index (χ0v) is 19.7. The van der Waals surface area contributed by atoms with E-state index in [1.54, 1.807) is 36.4 Å². The van der Waals surface area contributed by atoms with Gasteiger partial charge in [0.25, 0.3) is 5.91 Å². The normalized spacial score (nSPS) is 11.5. The first-order valence-corrected chi connectivity index (χ1v) is 11.2. The second kappa shape index (κ2) is 10.2. The Morgan fingerprint density at radius 1 is 0.857 bits per heavy atom. The quantitative estimate of drug-likeness (QED) is 0.373. The van der Waals surface area contributed by atoms with Crippen molar-refractivity contribution >= 4 is 40.1 Å². The molecule has 0 aliphatic carbocycles. The first-order valence-electron chi connectivity index (χ1n) is 11.2. The Kier molecular flexibility index (Phi) is 6.87. The molecule has 0 aliphatic rings. The van der Waals surface area contributed by atoms with Gasteiger partial charge in [0.15, 0.2) is 6.10 Å². The van der Waals surface area contributed by atoms with Crippen LogP contribution in [0.4, 0.5) is 11.4 Å². The van der Waals surface area contributed by atoms with Crippen molar-refractivity contribution in [2.24, 2.45) is 0 Å². The van der Waals surface area contributed by atoms with Crippen LogP contribution in [0.25, 0.3) is 22.2 Å². The molecule has 1 atom stereocenters. The number of esters is 1. The summed E-state index contributed by atoms with van der Waals surface area (Å²) in [5.41, 5.74) is 4.78. The maximum Gasteiger partial charge on any atom is 0.339 e. The van der Waals surface area contributed by atoms with Crippen LogP contribution < -0.4 is 10.6 Å². The average Bonchev–Trinajstić information content (AvgIpc) is 2.84. The molecule has 0 aliphatic heterocycles. The van der Waals surface area contributed by atoms with Crippen LogP contribution in [-0.2, 0) is 14.3 Å². The molecular weight excluding hydrogens is 442 g/mol. The van der Waals surface area contributed by atoms with Crippen LogP contribution in [0.2, 0.25) is 0 Å². The van der Waals surface area contributed by atoms with Crippen molar-refractivity contribution in [2.45, 2.75) is 26.9 Å². The summed E-state index contributed by atoms with van der Waals surface area (Å²) in [6.45, 7) is 4.94. The number of aryl methyl sites for hydroxylation is 1. The summed E-state index contributed by atoms with van der Waals surface area (Å²) in [4.78, 5) is 41.6. The van der Waals surface area contributed by atoms with E-state index in [4.69, 9.17) is 9.72 Å². The standard InChI is InChI=1S/C28H25N3O4/c1-17-8-10-20(11-9-17)26-16-24(23-6-4-5-7-25(23)31-26)28(34)35-18(2)27(33)30-22-14-12-21(13-15-22)29-19(3)32/h4-16,18H,1-3H3,(H,29,32)(H,30,33). The van der Waals surface area contributed by atoms with E-state index < -0.39 is 18.0 Å². The third kappa shape index (κ3) is 5.70. The molecule has 0 fully saturated rings. The summed E-state index contributed by atoms with van der Waals surface area (Å²) in [5, 5.41) is 6.03. The molecule has 4 aromatic rings. The van der Waals surface area contributed by atoms with Crippen molar-refractivity contribution in [3.63, 3.8) is 0 Å². The highest BCUT2D eigenvalue weighted by molar-refractivity contribution is 6.06. The first-order chi connectivity index (χ1) is 16.8. The van der Waals surface area contributed by atoms with Gasteiger partial charge in [0.1, 0.15) is 0 Å². The first kappa shape index (κ1) is 23.6. The number of amides is 2. The van der Waals surface area contributed by atoms with Gasteiger partial charge in [-0.1, -0.05) is 48.0 Å². The molecule has 3 aromatic carbocycles. The van der Waals surface area contributed by atoms with E-state index in [0.29, 0.717) is 33.5 Å². The predicted octanol–water partition coefficient (Wildman–Crippen LogP) is 5.35. The highest BCUT2D eigenvalue weighted by atomic mass is 16.5. The third-order valence-electron chi connectivity index (χ3n) is 5.41. The number of fused-ring (bicyclic) bond motifs is 1. The number of benzene rings is 3. The SMILES string of the molecule is CC(=O)Nc1ccc(NC(=O)C(C)OC(=O)c2cc(-c3ccc(C)cc3)nc3ccccc23)cc1. The van der Waals surface area contributed by atoms with Crippen LogP contribution >= 0.6 is 0 Å². The van der Waals surface area contributed by atoms with Crippen LogP contribution in [-0.4, -0.2) is 28.9 Å². The molecule has 1 aromatic heterocycles. The van der Waals surface area contributed by atoms with Crippen molar-refractivity contribution in [2.75, 3.05) is 10.6 Å². The maximum absolute atomic E-state index is 13.1. The van der Waals surface area contributed by atoms with Crippen LogP contribution in [0.3, 0.4) is 0 Å². The molecule has 4 rings (SSSR count). The Labute approximate surface area is 203 Å². The molecule has 35 heavy (non-hydrogen) atoms. The van der Waals surface area contributed by atoms with Crippen LogP contribution in [0.1, 0.15) is 29.8 Å². The van der Waals surface area contributed by atoms with Gasteiger partial charge in [-0.25, -0.2) is 9.78 Å². The molecule has 0 radical (unpaired) electrons. The minimum Gasteiger partial charge on any atom is -0.449 e. The Hall–Kier alpha value is -4.52. The summed E-state index contributed by atoms with van der Waals surface area (Å²) in [6, 6.07) is 23.5. The number of aromatic nitrogens is 1. The van der Waals surface area contributed by atoms with Gasteiger partial charge in [-0.15, -0.1) is 0 Å². The molecule has 2 N–H and O–H groups in total. The number of rotatable bonds is 6. The minimum absolute atomic E-state index is 0.184. The number of nitrogens with one attached hydrogen (secondary N) is 2. The lowest BCUT2D eigenvalue weighted by Gasteiger charge is -2.15. The predicted molar refractivity (Wildman–Crippen MR) is 136 cm³/mol. The van der Waals surface area contributed by atoms with Gasteiger partial charge in [-0.05, 0) is 50.2 Å². The van der Waals surface area contributed by atoms with Crippen molar-refractivity contribution in [1.82, 2.24) is 4.98 Å². The largest absolute Gasteiger partial charge is 0.449 e. The molecule has 176 valence electrons.